The van der Waals surface area contributed by atoms with Crippen molar-refractivity contribution in [1.29, 1.82) is 10.7 Å². The molecule has 2 aromatic carbocycles. The summed E-state index contributed by atoms with van der Waals surface area (Å²) in [7, 11) is 0. The summed E-state index contributed by atoms with van der Waals surface area (Å²) in [6, 6.07) is 15.5. The van der Waals surface area contributed by atoms with E-state index in [0.717, 1.165) is 35.1 Å². The average Bonchev–Trinajstić information content (AvgIpc) is 2.94. The molecule has 1 N–H and O–H groups in total. The van der Waals surface area contributed by atoms with Gasteiger partial charge < -0.3 is 5.41 Å². The van der Waals surface area contributed by atoms with E-state index in [1.54, 1.807) is 6.92 Å². The predicted molar refractivity (Wildman–Crippen MR) is 164 cm³/mol. The standard InChI is InChI=1S/C35H37ClN2O/c1-7-9-11-30(27(6)38)12-10-13-34(36)26(5)33-22-32(19-14-24(33)3)35(39)25(4)15-18-29(8-2)31-20-16-28(23-37)17-21-31/h1,10,14,16-17,19-22,29,38H,4,8-9,11,13,15,18H2,2-3,5-6H3/b34-26-,38-27?. The zero-order valence-electron chi connectivity index (χ0n) is 23.5. The summed E-state index contributed by atoms with van der Waals surface area (Å²) in [6.45, 7) is 11.9. The molecule has 0 spiro atoms. The van der Waals surface area contributed by atoms with Gasteiger partial charge in [0, 0.05) is 34.7 Å². The Bertz CT molecular complexity index is 1400. The van der Waals surface area contributed by atoms with Crippen molar-refractivity contribution in [2.75, 3.05) is 0 Å². The fourth-order valence-corrected chi connectivity index (χ4v) is 4.58. The van der Waals surface area contributed by atoms with Crippen LogP contribution >= 0.6 is 11.6 Å². The lowest BCUT2D eigenvalue weighted by atomic mass is 9.88. The first kappa shape index (κ1) is 31.3. The van der Waals surface area contributed by atoms with Crippen molar-refractivity contribution in [3.63, 3.8) is 0 Å². The summed E-state index contributed by atoms with van der Waals surface area (Å²) in [4.78, 5) is 13.3. The van der Waals surface area contributed by atoms with Gasteiger partial charge in [0.05, 0.1) is 11.6 Å². The monoisotopic (exact) mass is 536 g/mol. The molecule has 0 saturated carbocycles. The Morgan fingerprint density at radius 1 is 1.18 bits per heavy atom. The highest BCUT2D eigenvalue weighted by atomic mass is 35.5. The van der Waals surface area contributed by atoms with E-state index in [9.17, 15) is 4.79 Å². The van der Waals surface area contributed by atoms with Gasteiger partial charge in [-0.2, -0.15) is 5.26 Å². The smallest absolute Gasteiger partial charge is 0.188 e. The van der Waals surface area contributed by atoms with E-state index in [4.69, 9.17) is 28.7 Å². The maximum absolute atomic E-state index is 13.3. The van der Waals surface area contributed by atoms with E-state index in [0.29, 0.717) is 59.0 Å². The molecule has 39 heavy (non-hydrogen) atoms. The zero-order valence-corrected chi connectivity index (χ0v) is 24.2. The number of hydrogen-bond acceptors (Lipinski definition) is 3. The van der Waals surface area contributed by atoms with Crippen molar-refractivity contribution in [3.8, 4) is 18.4 Å². The summed E-state index contributed by atoms with van der Waals surface area (Å²) >= 11 is 6.67. The van der Waals surface area contributed by atoms with Crippen LogP contribution in [0, 0.1) is 36.0 Å². The molecular formula is C35H37ClN2O. The van der Waals surface area contributed by atoms with E-state index in [-0.39, 0.29) is 5.78 Å². The molecule has 0 bridgehead atoms. The number of ketones is 1. The Hall–Kier alpha value is -3.88. The summed E-state index contributed by atoms with van der Waals surface area (Å²) < 4.78 is 0. The van der Waals surface area contributed by atoms with Gasteiger partial charge in [0.2, 0.25) is 0 Å². The van der Waals surface area contributed by atoms with Gasteiger partial charge in [-0.25, -0.2) is 0 Å². The number of halogens is 1. The Balaban J connectivity index is 2.18. The van der Waals surface area contributed by atoms with Crippen LogP contribution in [0.15, 0.2) is 77.0 Å². The van der Waals surface area contributed by atoms with Crippen LogP contribution in [-0.2, 0) is 0 Å². The van der Waals surface area contributed by atoms with Gasteiger partial charge in [-0.3, -0.25) is 4.79 Å². The van der Waals surface area contributed by atoms with Crippen LogP contribution in [-0.4, -0.2) is 11.5 Å². The maximum Gasteiger partial charge on any atom is 0.188 e. The third kappa shape index (κ3) is 9.12. The number of hydrogen-bond donors (Lipinski definition) is 1. The number of carbonyl (C=O) groups excluding carboxylic acids is 1. The van der Waals surface area contributed by atoms with Crippen molar-refractivity contribution in [2.24, 2.45) is 0 Å². The molecule has 1 atom stereocenters. The summed E-state index contributed by atoms with van der Waals surface area (Å²) in [5.74, 6) is 2.84. The molecular weight excluding hydrogens is 500 g/mol. The minimum Gasteiger partial charge on any atom is -0.305 e. The van der Waals surface area contributed by atoms with Gasteiger partial charge in [-0.05, 0) is 104 Å². The van der Waals surface area contributed by atoms with Crippen molar-refractivity contribution >= 4 is 28.7 Å². The van der Waals surface area contributed by atoms with Crippen molar-refractivity contribution in [1.82, 2.24) is 0 Å². The largest absolute Gasteiger partial charge is 0.305 e. The Kier molecular flexibility index (Phi) is 12.5. The lowest BCUT2D eigenvalue weighted by Crippen LogP contribution is -2.06. The number of carbonyl (C=O) groups is 1. The fourth-order valence-electron chi connectivity index (χ4n) is 4.40. The summed E-state index contributed by atoms with van der Waals surface area (Å²) in [6.07, 6.45) is 11.2. The summed E-state index contributed by atoms with van der Waals surface area (Å²) in [5.41, 5.74) is 10.3. The number of terminal acetylenes is 1. The highest BCUT2D eigenvalue weighted by Crippen LogP contribution is 2.30. The van der Waals surface area contributed by atoms with Crippen molar-refractivity contribution < 1.29 is 4.79 Å². The summed E-state index contributed by atoms with van der Waals surface area (Å²) in [5, 5.41) is 17.6. The van der Waals surface area contributed by atoms with E-state index in [2.05, 4.69) is 31.2 Å². The van der Waals surface area contributed by atoms with Crippen LogP contribution in [0.1, 0.15) is 97.8 Å². The molecule has 0 saturated heterocycles. The van der Waals surface area contributed by atoms with Crippen molar-refractivity contribution in [3.05, 3.63) is 105 Å². The van der Waals surface area contributed by atoms with Gasteiger partial charge in [0.25, 0.3) is 0 Å². The predicted octanol–water partition coefficient (Wildman–Crippen LogP) is 9.47. The molecule has 0 heterocycles. The van der Waals surface area contributed by atoms with Crippen LogP contribution < -0.4 is 0 Å². The first-order valence-electron chi connectivity index (χ1n) is 13.2. The second-order valence-electron chi connectivity index (χ2n) is 9.73. The number of aryl methyl sites for hydroxylation is 1. The fraction of sp³-hybridized carbons (Fsp3) is 0.314. The van der Waals surface area contributed by atoms with Crippen molar-refractivity contribution in [2.45, 2.75) is 72.1 Å². The number of benzene rings is 2. The number of nitrogens with zero attached hydrogens (tertiary/aromatic N) is 1. The Morgan fingerprint density at radius 2 is 1.87 bits per heavy atom. The van der Waals surface area contributed by atoms with E-state index >= 15 is 0 Å². The van der Waals surface area contributed by atoms with E-state index in [1.807, 2.05) is 62.4 Å². The third-order valence-corrected chi connectivity index (χ3v) is 7.40. The molecule has 0 radical (unpaired) electrons. The molecule has 200 valence electrons. The topological polar surface area (TPSA) is 64.7 Å². The molecule has 4 heteroatoms. The van der Waals surface area contributed by atoms with E-state index < -0.39 is 0 Å². The first-order chi connectivity index (χ1) is 18.6. The molecule has 0 aromatic heterocycles. The third-order valence-electron chi connectivity index (χ3n) is 6.96. The second-order valence-corrected chi connectivity index (χ2v) is 10.2. The van der Waals surface area contributed by atoms with Crippen LogP contribution in [0.25, 0.3) is 5.57 Å². The quantitative estimate of drug-likeness (QED) is 0.0910. The second kappa shape index (κ2) is 15.5. The minimum absolute atomic E-state index is 0.0581. The lowest BCUT2D eigenvalue weighted by Gasteiger charge is -2.16. The van der Waals surface area contributed by atoms with Gasteiger partial charge in [-0.15, -0.1) is 18.1 Å². The Labute approximate surface area is 239 Å². The van der Waals surface area contributed by atoms with E-state index in [1.165, 1.54) is 5.56 Å². The maximum atomic E-state index is 13.3. The number of Topliss-reactive ketones (excluding diaryl/α,β-unsaturated/α-hetero) is 1. The molecule has 1 unspecified atom stereocenters. The molecule has 3 nitrogen and oxygen atoms in total. The van der Waals surface area contributed by atoms with Crippen LogP contribution in [0.4, 0.5) is 0 Å². The molecule has 0 aliphatic rings. The number of allylic oxidation sites excluding steroid dienone is 4. The number of nitriles is 1. The molecule has 0 aliphatic carbocycles. The normalized spacial score (nSPS) is 11.8. The van der Waals surface area contributed by atoms with Crippen LogP contribution in [0.3, 0.4) is 0 Å². The molecule has 0 aliphatic heterocycles. The van der Waals surface area contributed by atoms with Crippen LogP contribution in [0.2, 0.25) is 0 Å². The average molecular weight is 537 g/mol. The Morgan fingerprint density at radius 3 is 2.46 bits per heavy atom. The molecule has 0 fully saturated rings. The van der Waals surface area contributed by atoms with Gasteiger partial charge in [-0.1, -0.05) is 49.4 Å². The van der Waals surface area contributed by atoms with Gasteiger partial charge in [0.1, 0.15) is 0 Å². The molecule has 0 amide bonds. The SMILES string of the molecule is C#CCCC(=C=CC/C(Cl)=C(\C)c1cc(C(=O)C(=C)CCC(CC)c2ccc(C#N)cc2)ccc1C)C(C)=N. The molecule has 2 rings (SSSR count). The van der Waals surface area contributed by atoms with Crippen LogP contribution in [0.5, 0.6) is 0 Å². The zero-order chi connectivity index (χ0) is 28.9. The minimum atomic E-state index is -0.0581. The highest BCUT2D eigenvalue weighted by Gasteiger charge is 2.16. The van der Waals surface area contributed by atoms with Gasteiger partial charge in [0.15, 0.2) is 5.78 Å². The first-order valence-corrected chi connectivity index (χ1v) is 13.6. The number of nitrogens with one attached hydrogen (secondary N) is 1. The lowest BCUT2D eigenvalue weighted by molar-refractivity contribution is 0.103. The molecule has 2 aromatic rings. The number of rotatable bonds is 13. The van der Waals surface area contributed by atoms with Gasteiger partial charge >= 0.3 is 0 Å². The highest BCUT2D eigenvalue weighted by molar-refractivity contribution is 6.32.